The highest BCUT2D eigenvalue weighted by molar-refractivity contribution is 7.92. The van der Waals surface area contributed by atoms with Crippen molar-refractivity contribution in [1.29, 1.82) is 0 Å². The Kier molecular flexibility index (Phi) is 4.07. The number of hydrogen-bond donors (Lipinski definition) is 1. The Balaban J connectivity index is 2.99. The van der Waals surface area contributed by atoms with Crippen LogP contribution in [-0.2, 0) is 14.6 Å². The fourth-order valence-corrected chi connectivity index (χ4v) is 2.48. The first-order valence-electron chi connectivity index (χ1n) is 5.00. The van der Waals surface area contributed by atoms with E-state index >= 15 is 0 Å². The van der Waals surface area contributed by atoms with Crippen LogP contribution in [-0.4, -0.2) is 50.1 Å². The van der Waals surface area contributed by atoms with Crippen molar-refractivity contribution in [2.75, 3.05) is 19.8 Å². The summed E-state index contributed by atoms with van der Waals surface area (Å²) in [6.45, 7) is 0. The highest BCUT2D eigenvalue weighted by atomic mass is 32.2. The summed E-state index contributed by atoms with van der Waals surface area (Å²) in [5.41, 5.74) is -0.00659. The molecule has 7 heteroatoms. The Labute approximate surface area is 105 Å². The second-order valence-electron chi connectivity index (χ2n) is 3.88. The van der Waals surface area contributed by atoms with Crippen LogP contribution in [0.15, 0.2) is 29.2 Å². The molecule has 1 N–H and O–H groups in total. The van der Waals surface area contributed by atoms with Gasteiger partial charge in [0.25, 0.3) is 0 Å². The molecule has 6 nitrogen and oxygen atoms in total. The zero-order chi connectivity index (χ0) is 13.9. The van der Waals surface area contributed by atoms with Crippen molar-refractivity contribution in [3.63, 3.8) is 0 Å². The highest BCUT2D eigenvalue weighted by Crippen LogP contribution is 2.13. The summed E-state index contributed by atoms with van der Waals surface area (Å²) in [7, 11) is -0.804. The topological polar surface area (TPSA) is 91.8 Å². The molecule has 1 rings (SSSR count). The molecule has 0 heterocycles. The first-order chi connectivity index (χ1) is 8.24. The Morgan fingerprint density at radius 3 is 2.06 bits per heavy atom. The van der Waals surface area contributed by atoms with E-state index < -0.39 is 27.5 Å². The smallest absolute Gasteiger partial charge is 0.335 e. The number of benzene rings is 1. The number of aromatic carboxylic acids is 1. The van der Waals surface area contributed by atoms with Gasteiger partial charge in [0, 0.05) is 14.1 Å². The van der Waals surface area contributed by atoms with Gasteiger partial charge in [-0.25, -0.2) is 13.2 Å². The van der Waals surface area contributed by atoms with Crippen LogP contribution in [0, 0.1) is 0 Å². The first kappa shape index (κ1) is 14.2. The molecule has 0 saturated carbocycles. The number of sulfone groups is 1. The fourth-order valence-electron chi connectivity index (χ4n) is 1.18. The van der Waals surface area contributed by atoms with E-state index in [9.17, 15) is 18.0 Å². The molecule has 98 valence electrons. The Morgan fingerprint density at radius 1 is 1.17 bits per heavy atom. The molecule has 0 radical (unpaired) electrons. The molecule has 0 spiro atoms. The number of nitrogens with zero attached hydrogens (tertiary/aromatic N) is 1. The number of amides is 1. The van der Waals surface area contributed by atoms with Crippen LogP contribution < -0.4 is 0 Å². The molecule has 0 aliphatic heterocycles. The molecule has 0 aromatic heterocycles. The molecule has 18 heavy (non-hydrogen) atoms. The lowest BCUT2D eigenvalue weighted by Gasteiger charge is -2.10. The summed E-state index contributed by atoms with van der Waals surface area (Å²) in [4.78, 5) is 23.1. The SMILES string of the molecule is CN(C)C(=O)CS(=O)(=O)c1ccc(C(=O)O)cc1. The number of rotatable bonds is 4. The average molecular weight is 271 g/mol. The molecular formula is C11H13NO5S. The maximum Gasteiger partial charge on any atom is 0.335 e. The van der Waals surface area contributed by atoms with Crippen molar-refractivity contribution in [2.24, 2.45) is 0 Å². The van der Waals surface area contributed by atoms with E-state index in [4.69, 9.17) is 5.11 Å². The van der Waals surface area contributed by atoms with E-state index in [2.05, 4.69) is 0 Å². The number of carbonyl (C=O) groups excluding carboxylic acids is 1. The first-order valence-corrected chi connectivity index (χ1v) is 6.65. The van der Waals surface area contributed by atoms with Crippen molar-refractivity contribution < 1.29 is 23.1 Å². The summed E-state index contributed by atoms with van der Waals surface area (Å²) in [5.74, 6) is -2.30. The second kappa shape index (κ2) is 5.18. The van der Waals surface area contributed by atoms with E-state index in [-0.39, 0.29) is 10.5 Å². The Bertz CT molecular complexity index is 560. The number of carboxylic acids is 1. The van der Waals surface area contributed by atoms with Crippen molar-refractivity contribution in [1.82, 2.24) is 4.90 Å². The lowest BCUT2D eigenvalue weighted by atomic mass is 10.2. The van der Waals surface area contributed by atoms with Gasteiger partial charge in [-0.05, 0) is 24.3 Å². The molecule has 0 fully saturated rings. The zero-order valence-electron chi connectivity index (χ0n) is 9.95. The minimum Gasteiger partial charge on any atom is -0.478 e. The molecule has 0 bridgehead atoms. The quantitative estimate of drug-likeness (QED) is 0.847. The van der Waals surface area contributed by atoms with Gasteiger partial charge < -0.3 is 10.0 Å². The van der Waals surface area contributed by atoms with Crippen molar-refractivity contribution in [3.05, 3.63) is 29.8 Å². The minimum absolute atomic E-state index is 0.00659. The third kappa shape index (κ3) is 3.30. The van der Waals surface area contributed by atoms with Crippen LogP contribution in [0.5, 0.6) is 0 Å². The number of hydrogen-bond acceptors (Lipinski definition) is 4. The van der Waals surface area contributed by atoms with Gasteiger partial charge in [-0.1, -0.05) is 0 Å². The van der Waals surface area contributed by atoms with E-state index in [0.29, 0.717) is 0 Å². The molecular weight excluding hydrogens is 258 g/mol. The van der Waals surface area contributed by atoms with Gasteiger partial charge in [0.05, 0.1) is 10.5 Å². The predicted molar refractivity (Wildman–Crippen MR) is 64.1 cm³/mol. The van der Waals surface area contributed by atoms with Crippen LogP contribution in [0.1, 0.15) is 10.4 Å². The van der Waals surface area contributed by atoms with Crippen LogP contribution >= 0.6 is 0 Å². The summed E-state index contributed by atoms with van der Waals surface area (Å²) in [6.07, 6.45) is 0. The minimum atomic E-state index is -3.73. The summed E-state index contributed by atoms with van der Waals surface area (Å²) in [6, 6.07) is 4.74. The van der Waals surface area contributed by atoms with Gasteiger partial charge in [0.15, 0.2) is 9.84 Å². The van der Waals surface area contributed by atoms with Crippen molar-refractivity contribution in [3.8, 4) is 0 Å². The average Bonchev–Trinajstić information content (AvgIpc) is 2.28. The van der Waals surface area contributed by atoms with E-state index in [1.54, 1.807) is 0 Å². The van der Waals surface area contributed by atoms with Gasteiger partial charge >= 0.3 is 5.97 Å². The standard InChI is InChI=1S/C11H13NO5S/c1-12(2)10(13)7-18(16,17)9-5-3-8(4-6-9)11(14)15/h3-6H,7H2,1-2H3,(H,14,15). The molecule has 0 saturated heterocycles. The molecule has 0 atom stereocenters. The van der Waals surface area contributed by atoms with Gasteiger partial charge in [-0.3, -0.25) is 4.79 Å². The van der Waals surface area contributed by atoms with Crippen LogP contribution in [0.4, 0.5) is 0 Å². The molecule has 0 aliphatic carbocycles. The monoisotopic (exact) mass is 271 g/mol. The highest BCUT2D eigenvalue weighted by Gasteiger charge is 2.20. The van der Waals surface area contributed by atoms with E-state index in [0.717, 1.165) is 0 Å². The third-order valence-corrected chi connectivity index (χ3v) is 3.89. The summed E-state index contributed by atoms with van der Waals surface area (Å²) in [5, 5.41) is 8.69. The van der Waals surface area contributed by atoms with Crippen LogP contribution in [0.3, 0.4) is 0 Å². The van der Waals surface area contributed by atoms with E-state index in [1.807, 2.05) is 0 Å². The Hall–Kier alpha value is -1.89. The predicted octanol–water partition coefficient (Wildman–Crippen LogP) is 0.247. The van der Waals surface area contributed by atoms with Crippen molar-refractivity contribution >= 4 is 21.7 Å². The largest absolute Gasteiger partial charge is 0.478 e. The normalized spacial score (nSPS) is 11.0. The zero-order valence-corrected chi connectivity index (χ0v) is 10.8. The fraction of sp³-hybridized carbons (Fsp3) is 0.273. The van der Waals surface area contributed by atoms with Crippen molar-refractivity contribution in [2.45, 2.75) is 4.90 Å². The summed E-state index contributed by atoms with van der Waals surface area (Å²) < 4.78 is 23.7. The van der Waals surface area contributed by atoms with Gasteiger partial charge in [0.1, 0.15) is 5.75 Å². The van der Waals surface area contributed by atoms with Crippen LogP contribution in [0.25, 0.3) is 0 Å². The number of carbonyl (C=O) groups is 2. The van der Waals surface area contributed by atoms with Gasteiger partial charge in [0.2, 0.25) is 5.91 Å². The molecule has 1 aromatic rings. The lowest BCUT2D eigenvalue weighted by Crippen LogP contribution is -2.29. The summed E-state index contributed by atoms with van der Waals surface area (Å²) >= 11 is 0. The lowest BCUT2D eigenvalue weighted by molar-refractivity contribution is -0.125. The molecule has 1 aromatic carbocycles. The molecule has 0 unspecified atom stereocenters. The Morgan fingerprint density at radius 2 is 1.67 bits per heavy atom. The van der Waals surface area contributed by atoms with Gasteiger partial charge in [-0.15, -0.1) is 0 Å². The number of carboxylic acid groups (broad SMARTS) is 1. The second-order valence-corrected chi connectivity index (χ2v) is 5.87. The molecule has 1 amide bonds. The van der Waals surface area contributed by atoms with E-state index in [1.165, 1.54) is 43.3 Å². The third-order valence-electron chi connectivity index (χ3n) is 2.27. The maximum absolute atomic E-state index is 11.8. The molecule has 0 aliphatic rings. The van der Waals surface area contributed by atoms with Gasteiger partial charge in [-0.2, -0.15) is 0 Å². The van der Waals surface area contributed by atoms with Crippen LogP contribution in [0.2, 0.25) is 0 Å². The maximum atomic E-state index is 11.8.